The normalized spacial score (nSPS) is 10.2. The minimum atomic E-state index is -1.25. The Morgan fingerprint density at radius 1 is 1.38 bits per heavy atom. The second-order valence-corrected chi connectivity index (χ2v) is 4.28. The van der Waals surface area contributed by atoms with Gasteiger partial charge in [0.1, 0.15) is 5.82 Å². The van der Waals surface area contributed by atoms with Gasteiger partial charge in [0, 0.05) is 13.2 Å². The number of halogens is 1. The molecular formula is C13H13FN4O3. The number of hydrogen-bond donors (Lipinski definition) is 3. The predicted molar refractivity (Wildman–Crippen MR) is 72.4 cm³/mol. The molecule has 0 radical (unpaired) electrons. The Morgan fingerprint density at radius 3 is 2.76 bits per heavy atom. The average Bonchev–Trinajstić information content (AvgIpc) is 2.82. The van der Waals surface area contributed by atoms with Crippen molar-refractivity contribution in [1.82, 2.24) is 15.1 Å². The number of rotatable bonds is 4. The molecule has 2 amide bonds. The molecule has 0 bridgehead atoms. The van der Waals surface area contributed by atoms with Gasteiger partial charge in [0.05, 0.1) is 23.5 Å². The number of amides is 2. The Balaban J connectivity index is 2.02. The zero-order chi connectivity index (χ0) is 15.4. The van der Waals surface area contributed by atoms with Crippen LogP contribution in [-0.4, -0.2) is 26.9 Å². The molecule has 0 saturated carbocycles. The molecule has 0 aliphatic rings. The third-order valence-electron chi connectivity index (χ3n) is 2.66. The van der Waals surface area contributed by atoms with Gasteiger partial charge in [0.25, 0.3) is 0 Å². The van der Waals surface area contributed by atoms with Crippen LogP contribution in [0.15, 0.2) is 30.5 Å². The van der Waals surface area contributed by atoms with Crippen LogP contribution in [0.1, 0.15) is 16.1 Å². The summed E-state index contributed by atoms with van der Waals surface area (Å²) in [7, 11) is 1.75. The topological polar surface area (TPSA) is 96.2 Å². The van der Waals surface area contributed by atoms with Crippen LogP contribution in [-0.2, 0) is 13.6 Å². The minimum absolute atomic E-state index is 0.110. The molecule has 21 heavy (non-hydrogen) atoms. The van der Waals surface area contributed by atoms with Crippen LogP contribution < -0.4 is 10.6 Å². The largest absolute Gasteiger partial charge is 0.478 e. The summed E-state index contributed by atoms with van der Waals surface area (Å²) in [5.41, 5.74) is 0.343. The van der Waals surface area contributed by atoms with E-state index in [0.29, 0.717) is 5.69 Å². The lowest BCUT2D eigenvalue weighted by Gasteiger charge is -2.09. The number of carbonyl (C=O) groups is 2. The van der Waals surface area contributed by atoms with Crippen molar-refractivity contribution in [2.24, 2.45) is 7.05 Å². The van der Waals surface area contributed by atoms with Gasteiger partial charge >= 0.3 is 12.0 Å². The summed E-state index contributed by atoms with van der Waals surface area (Å²) in [6, 6.07) is 4.13. The number of carboxylic acid groups (broad SMARTS) is 1. The molecule has 0 aliphatic carbocycles. The van der Waals surface area contributed by atoms with Crippen LogP contribution in [0, 0.1) is 5.82 Å². The molecule has 0 aliphatic heterocycles. The number of aromatic nitrogens is 2. The number of nitrogens with zero attached hydrogens (tertiary/aromatic N) is 2. The number of hydrogen-bond acceptors (Lipinski definition) is 3. The molecule has 0 atom stereocenters. The Kier molecular flexibility index (Phi) is 4.17. The molecule has 3 N–H and O–H groups in total. The van der Waals surface area contributed by atoms with Gasteiger partial charge in [0.2, 0.25) is 0 Å². The SMILES string of the molecule is Cn1ccc(CNC(=O)Nc2cc(F)ccc2C(=O)O)n1. The fraction of sp³-hybridized carbons (Fsp3) is 0.154. The van der Waals surface area contributed by atoms with E-state index in [1.807, 2.05) is 0 Å². The molecule has 0 spiro atoms. The molecular weight excluding hydrogens is 279 g/mol. The molecule has 2 rings (SSSR count). The third kappa shape index (κ3) is 3.78. The monoisotopic (exact) mass is 292 g/mol. The fourth-order valence-electron chi connectivity index (χ4n) is 1.70. The van der Waals surface area contributed by atoms with E-state index in [1.165, 1.54) is 0 Å². The van der Waals surface area contributed by atoms with Crippen molar-refractivity contribution in [3.63, 3.8) is 0 Å². The zero-order valence-corrected chi connectivity index (χ0v) is 11.1. The van der Waals surface area contributed by atoms with Gasteiger partial charge in [-0.05, 0) is 24.3 Å². The summed E-state index contributed by atoms with van der Waals surface area (Å²) in [6.45, 7) is 0.171. The van der Waals surface area contributed by atoms with E-state index in [4.69, 9.17) is 5.11 Å². The van der Waals surface area contributed by atoms with Crippen molar-refractivity contribution >= 4 is 17.7 Å². The van der Waals surface area contributed by atoms with Crippen LogP contribution in [0.25, 0.3) is 0 Å². The lowest BCUT2D eigenvalue weighted by Crippen LogP contribution is -2.29. The highest BCUT2D eigenvalue weighted by atomic mass is 19.1. The van der Waals surface area contributed by atoms with E-state index in [9.17, 15) is 14.0 Å². The fourth-order valence-corrected chi connectivity index (χ4v) is 1.70. The number of aromatic carboxylic acids is 1. The molecule has 0 unspecified atom stereocenters. The van der Waals surface area contributed by atoms with Crippen molar-refractivity contribution in [2.75, 3.05) is 5.32 Å². The van der Waals surface area contributed by atoms with Gasteiger partial charge < -0.3 is 15.7 Å². The maximum atomic E-state index is 13.1. The van der Waals surface area contributed by atoms with Crippen LogP contribution in [0.5, 0.6) is 0 Å². The first-order valence-corrected chi connectivity index (χ1v) is 6.02. The molecule has 8 heteroatoms. The summed E-state index contributed by atoms with van der Waals surface area (Å²) in [5.74, 6) is -1.89. The maximum Gasteiger partial charge on any atom is 0.337 e. The van der Waals surface area contributed by atoms with Gasteiger partial charge in [-0.25, -0.2) is 14.0 Å². The van der Waals surface area contributed by atoms with Crippen LogP contribution >= 0.6 is 0 Å². The molecule has 110 valence electrons. The zero-order valence-electron chi connectivity index (χ0n) is 11.1. The lowest BCUT2D eigenvalue weighted by molar-refractivity contribution is 0.0698. The van der Waals surface area contributed by atoms with E-state index in [-0.39, 0.29) is 17.8 Å². The maximum absolute atomic E-state index is 13.1. The highest BCUT2D eigenvalue weighted by Crippen LogP contribution is 2.17. The summed E-state index contributed by atoms with van der Waals surface area (Å²) in [4.78, 5) is 22.7. The first kappa shape index (κ1) is 14.5. The number of nitrogens with one attached hydrogen (secondary N) is 2. The summed E-state index contributed by atoms with van der Waals surface area (Å²) in [5, 5.41) is 17.9. The van der Waals surface area contributed by atoms with Gasteiger partial charge in [-0.15, -0.1) is 0 Å². The Morgan fingerprint density at radius 2 is 2.14 bits per heavy atom. The average molecular weight is 292 g/mol. The smallest absolute Gasteiger partial charge is 0.337 e. The van der Waals surface area contributed by atoms with Crippen molar-refractivity contribution in [2.45, 2.75) is 6.54 Å². The summed E-state index contributed by atoms with van der Waals surface area (Å²) < 4.78 is 14.7. The number of urea groups is 1. The lowest BCUT2D eigenvalue weighted by atomic mass is 10.2. The number of benzene rings is 1. The summed E-state index contributed by atoms with van der Waals surface area (Å²) in [6.07, 6.45) is 1.73. The van der Waals surface area contributed by atoms with Gasteiger partial charge in [-0.2, -0.15) is 5.10 Å². The van der Waals surface area contributed by atoms with Gasteiger partial charge in [-0.1, -0.05) is 0 Å². The van der Waals surface area contributed by atoms with E-state index in [2.05, 4.69) is 15.7 Å². The van der Waals surface area contributed by atoms with Crippen molar-refractivity contribution in [3.05, 3.63) is 47.5 Å². The Bertz CT molecular complexity index is 684. The van der Waals surface area contributed by atoms with E-state index in [0.717, 1.165) is 18.2 Å². The quantitative estimate of drug-likeness (QED) is 0.797. The predicted octanol–water partition coefficient (Wildman–Crippen LogP) is 1.58. The highest BCUT2D eigenvalue weighted by molar-refractivity contribution is 5.99. The van der Waals surface area contributed by atoms with Gasteiger partial charge in [-0.3, -0.25) is 4.68 Å². The minimum Gasteiger partial charge on any atom is -0.478 e. The number of anilines is 1. The number of aryl methyl sites for hydroxylation is 1. The van der Waals surface area contributed by atoms with E-state index >= 15 is 0 Å². The van der Waals surface area contributed by atoms with Crippen molar-refractivity contribution in [3.8, 4) is 0 Å². The second kappa shape index (κ2) is 6.04. The van der Waals surface area contributed by atoms with Crippen LogP contribution in [0.4, 0.5) is 14.9 Å². The molecule has 2 aromatic rings. The van der Waals surface area contributed by atoms with E-state index < -0.39 is 17.8 Å². The van der Waals surface area contributed by atoms with Crippen molar-refractivity contribution < 1.29 is 19.1 Å². The number of carbonyl (C=O) groups excluding carboxylic acids is 1. The van der Waals surface area contributed by atoms with Crippen LogP contribution in [0.3, 0.4) is 0 Å². The molecule has 1 heterocycles. The highest BCUT2D eigenvalue weighted by Gasteiger charge is 2.13. The molecule has 1 aromatic heterocycles. The summed E-state index contributed by atoms with van der Waals surface area (Å²) >= 11 is 0. The molecule has 7 nitrogen and oxygen atoms in total. The van der Waals surface area contributed by atoms with Crippen LogP contribution in [0.2, 0.25) is 0 Å². The second-order valence-electron chi connectivity index (χ2n) is 4.28. The standard InChI is InChI=1S/C13H13FN4O3/c1-18-5-4-9(17-18)7-15-13(21)16-11-6-8(14)2-3-10(11)12(19)20/h2-6H,7H2,1H3,(H,19,20)(H2,15,16,21). The van der Waals surface area contributed by atoms with Gasteiger partial charge in [0.15, 0.2) is 0 Å². The Hall–Kier alpha value is -2.90. The third-order valence-corrected chi connectivity index (χ3v) is 2.66. The molecule has 1 aromatic carbocycles. The number of carboxylic acids is 1. The molecule has 0 fully saturated rings. The first-order valence-electron chi connectivity index (χ1n) is 6.02. The first-order chi connectivity index (χ1) is 9.95. The van der Waals surface area contributed by atoms with Crippen molar-refractivity contribution in [1.29, 1.82) is 0 Å². The van der Waals surface area contributed by atoms with E-state index in [1.54, 1.807) is 24.0 Å². The molecule has 0 saturated heterocycles. The Labute approximate surface area is 119 Å².